The Morgan fingerprint density at radius 1 is 1.44 bits per heavy atom. The van der Waals surface area contributed by atoms with Gasteiger partial charge in [0.2, 0.25) is 0 Å². The Morgan fingerprint density at radius 2 is 2.28 bits per heavy atom. The maximum Gasteiger partial charge on any atom is 0.136 e. The predicted molar refractivity (Wildman–Crippen MR) is 79.7 cm³/mol. The van der Waals surface area contributed by atoms with Gasteiger partial charge in [0.15, 0.2) is 0 Å². The summed E-state index contributed by atoms with van der Waals surface area (Å²) in [6.45, 7) is 1.36. The van der Waals surface area contributed by atoms with E-state index in [0.717, 1.165) is 27.0 Å². The minimum atomic E-state index is 0.598. The molecular formula is C11H14BrN5S. The van der Waals surface area contributed by atoms with Gasteiger partial charge in [0.25, 0.3) is 0 Å². The number of hydrogen-bond acceptors (Lipinski definition) is 6. The van der Waals surface area contributed by atoms with Crippen LogP contribution in [0.25, 0.3) is 0 Å². The van der Waals surface area contributed by atoms with Crippen LogP contribution in [-0.2, 0) is 0 Å². The van der Waals surface area contributed by atoms with E-state index in [1.54, 1.807) is 17.7 Å². The van der Waals surface area contributed by atoms with Crippen molar-refractivity contribution < 1.29 is 0 Å². The van der Waals surface area contributed by atoms with E-state index in [0.29, 0.717) is 6.54 Å². The van der Waals surface area contributed by atoms with Gasteiger partial charge in [0.05, 0.1) is 8.79 Å². The fraction of sp³-hybridized carbons (Fsp3) is 0.273. The van der Waals surface area contributed by atoms with E-state index in [-0.39, 0.29) is 0 Å². The van der Waals surface area contributed by atoms with Crippen LogP contribution in [0.15, 0.2) is 28.3 Å². The summed E-state index contributed by atoms with van der Waals surface area (Å²) in [5, 5.41) is 4.28. The number of hydrogen-bond donors (Lipinski definition) is 2. The van der Waals surface area contributed by atoms with Crippen LogP contribution in [0.5, 0.6) is 0 Å². The van der Waals surface area contributed by atoms with Crippen molar-refractivity contribution in [2.24, 2.45) is 5.73 Å². The van der Waals surface area contributed by atoms with Crippen LogP contribution in [0.4, 0.5) is 16.6 Å². The van der Waals surface area contributed by atoms with E-state index in [1.165, 1.54) is 0 Å². The zero-order chi connectivity index (χ0) is 13.0. The molecule has 2 aromatic heterocycles. The summed E-state index contributed by atoms with van der Waals surface area (Å²) in [5.74, 6) is 1.63. The van der Waals surface area contributed by atoms with Crippen LogP contribution in [0.2, 0.25) is 0 Å². The van der Waals surface area contributed by atoms with Crippen LogP contribution in [0, 0.1) is 0 Å². The first-order valence-corrected chi connectivity index (χ1v) is 7.05. The molecule has 2 aromatic rings. The highest BCUT2D eigenvalue weighted by Gasteiger charge is 2.04. The number of likely N-dealkylation sites (N-methyl/N-ethyl adjacent to an activating group) is 1. The Bertz CT molecular complexity index is 516. The fourth-order valence-corrected chi connectivity index (χ4v) is 2.73. The number of nitrogens with two attached hydrogens (primary N) is 1. The first-order chi connectivity index (χ1) is 8.69. The SMILES string of the molecule is CN(CCN)c1cc(Nc2ccc(Br)s2)ncn1. The smallest absolute Gasteiger partial charge is 0.136 e. The second kappa shape index (κ2) is 6.12. The Hall–Kier alpha value is -1.18. The summed E-state index contributed by atoms with van der Waals surface area (Å²) in [6, 6.07) is 5.90. The van der Waals surface area contributed by atoms with Crippen molar-refractivity contribution in [3.8, 4) is 0 Å². The lowest BCUT2D eigenvalue weighted by molar-refractivity contribution is 0.864. The molecule has 0 aliphatic rings. The van der Waals surface area contributed by atoms with Crippen molar-refractivity contribution in [2.45, 2.75) is 0 Å². The molecule has 5 nitrogen and oxygen atoms in total. The van der Waals surface area contributed by atoms with Gasteiger partial charge in [-0.3, -0.25) is 0 Å². The quantitative estimate of drug-likeness (QED) is 0.882. The average Bonchev–Trinajstić information content (AvgIpc) is 2.75. The van der Waals surface area contributed by atoms with Crippen LogP contribution in [-0.4, -0.2) is 30.1 Å². The molecule has 18 heavy (non-hydrogen) atoms. The monoisotopic (exact) mass is 327 g/mol. The zero-order valence-corrected chi connectivity index (χ0v) is 12.3. The summed E-state index contributed by atoms with van der Waals surface area (Å²) in [6.07, 6.45) is 1.55. The summed E-state index contributed by atoms with van der Waals surface area (Å²) < 4.78 is 1.08. The molecule has 0 saturated heterocycles. The molecule has 0 aliphatic heterocycles. The highest BCUT2D eigenvalue weighted by molar-refractivity contribution is 9.11. The molecule has 0 spiro atoms. The normalized spacial score (nSPS) is 10.4. The second-order valence-corrected chi connectivity index (χ2v) is 6.16. The van der Waals surface area contributed by atoms with Crippen molar-refractivity contribution in [1.82, 2.24) is 9.97 Å². The largest absolute Gasteiger partial charge is 0.358 e. The minimum Gasteiger partial charge on any atom is -0.358 e. The molecule has 0 aliphatic carbocycles. The minimum absolute atomic E-state index is 0.598. The number of halogens is 1. The summed E-state index contributed by atoms with van der Waals surface area (Å²) in [5.41, 5.74) is 5.53. The highest BCUT2D eigenvalue weighted by atomic mass is 79.9. The average molecular weight is 328 g/mol. The Labute approximate surface area is 118 Å². The first-order valence-electron chi connectivity index (χ1n) is 5.44. The van der Waals surface area contributed by atoms with Crippen LogP contribution in [0.3, 0.4) is 0 Å². The number of thiophene rings is 1. The van der Waals surface area contributed by atoms with E-state index >= 15 is 0 Å². The molecule has 2 rings (SSSR count). The number of nitrogens with one attached hydrogen (secondary N) is 1. The van der Waals surface area contributed by atoms with Gasteiger partial charge in [-0.1, -0.05) is 0 Å². The third-order valence-corrected chi connectivity index (χ3v) is 3.87. The second-order valence-electron chi connectivity index (χ2n) is 3.70. The van der Waals surface area contributed by atoms with Gasteiger partial charge >= 0.3 is 0 Å². The molecule has 0 aromatic carbocycles. The van der Waals surface area contributed by atoms with Gasteiger partial charge in [0.1, 0.15) is 18.0 Å². The lowest BCUT2D eigenvalue weighted by Gasteiger charge is -2.17. The molecule has 96 valence electrons. The Morgan fingerprint density at radius 3 is 2.94 bits per heavy atom. The van der Waals surface area contributed by atoms with E-state index in [4.69, 9.17) is 5.73 Å². The maximum absolute atomic E-state index is 5.53. The molecule has 0 bridgehead atoms. The molecule has 0 radical (unpaired) electrons. The summed E-state index contributed by atoms with van der Waals surface area (Å²) >= 11 is 5.05. The zero-order valence-electron chi connectivity index (χ0n) is 9.93. The Balaban J connectivity index is 2.12. The third-order valence-electron chi connectivity index (χ3n) is 2.33. The van der Waals surface area contributed by atoms with Gasteiger partial charge in [0, 0.05) is 26.2 Å². The van der Waals surface area contributed by atoms with Crippen LogP contribution >= 0.6 is 27.3 Å². The van der Waals surface area contributed by atoms with Crippen LogP contribution < -0.4 is 16.0 Å². The van der Waals surface area contributed by atoms with Gasteiger partial charge < -0.3 is 16.0 Å². The third kappa shape index (κ3) is 3.41. The molecule has 0 amide bonds. The number of rotatable bonds is 5. The first kappa shape index (κ1) is 13.3. The van der Waals surface area contributed by atoms with E-state index < -0.39 is 0 Å². The van der Waals surface area contributed by atoms with Crippen molar-refractivity contribution in [3.05, 3.63) is 28.3 Å². The molecule has 0 saturated carbocycles. The molecule has 3 N–H and O–H groups in total. The van der Waals surface area contributed by atoms with Gasteiger partial charge in [-0.15, -0.1) is 11.3 Å². The number of anilines is 3. The van der Waals surface area contributed by atoms with Gasteiger partial charge in [-0.2, -0.15) is 0 Å². The number of nitrogens with zero attached hydrogens (tertiary/aromatic N) is 3. The van der Waals surface area contributed by atoms with E-state index in [9.17, 15) is 0 Å². The fourth-order valence-electron chi connectivity index (χ4n) is 1.44. The molecule has 2 heterocycles. The van der Waals surface area contributed by atoms with Crippen molar-refractivity contribution in [3.63, 3.8) is 0 Å². The summed E-state index contributed by atoms with van der Waals surface area (Å²) in [7, 11) is 1.96. The topological polar surface area (TPSA) is 67.1 Å². The lowest BCUT2D eigenvalue weighted by atomic mass is 10.4. The van der Waals surface area contributed by atoms with Gasteiger partial charge in [-0.05, 0) is 28.1 Å². The lowest BCUT2D eigenvalue weighted by Crippen LogP contribution is -2.25. The standard InChI is InChI=1S/C11H14BrN5S/c1-17(5-4-13)10-6-9(14-7-15-10)16-11-3-2-8(12)18-11/h2-3,6-7H,4-5,13H2,1H3,(H,14,15,16). The van der Waals surface area contributed by atoms with Crippen molar-refractivity contribution in [2.75, 3.05) is 30.4 Å². The molecule has 0 unspecified atom stereocenters. The molecular weight excluding hydrogens is 314 g/mol. The van der Waals surface area contributed by atoms with Crippen molar-refractivity contribution >= 4 is 43.9 Å². The Kier molecular flexibility index (Phi) is 4.51. The van der Waals surface area contributed by atoms with Crippen LogP contribution in [0.1, 0.15) is 0 Å². The predicted octanol–water partition coefficient (Wildman–Crippen LogP) is 2.44. The maximum atomic E-state index is 5.53. The number of aromatic nitrogens is 2. The summed E-state index contributed by atoms with van der Waals surface area (Å²) in [4.78, 5) is 10.4. The molecule has 7 heteroatoms. The molecule has 0 fully saturated rings. The van der Waals surface area contributed by atoms with E-state index in [1.807, 2.05) is 30.1 Å². The van der Waals surface area contributed by atoms with E-state index in [2.05, 4.69) is 31.2 Å². The van der Waals surface area contributed by atoms with Crippen molar-refractivity contribution in [1.29, 1.82) is 0 Å². The van der Waals surface area contributed by atoms with Gasteiger partial charge in [-0.25, -0.2) is 9.97 Å². The molecule has 0 atom stereocenters. The highest BCUT2D eigenvalue weighted by Crippen LogP contribution is 2.29.